The molecule has 0 radical (unpaired) electrons. The predicted molar refractivity (Wildman–Crippen MR) is 83.3 cm³/mol. The molecule has 1 amide bonds. The van der Waals surface area contributed by atoms with Gasteiger partial charge in [0.2, 0.25) is 5.95 Å². The quantitative estimate of drug-likeness (QED) is 0.851. The van der Waals surface area contributed by atoms with Crippen LogP contribution in [-0.4, -0.2) is 40.7 Å². The SMILES string of the molecule is CC(C)(C)OC(=O)N1CCCC(Nc2cccc(F)n2)CC1. The van der Waals surface area contributed by atoms with Gasteiger partial charge in [-0.15, -0.1) is 0 Å². The number of hydrogen-bond acceptors (Lipinski definition) is 4. The summed E-state index contributed by atoms with van der Waals surface area (Å²) in [5.74, 6) is 0.0460. The molecule has 1 N–H and O–H groups in total. The Kier molecular flexibility index (Phi) is 5.21. The van der Waals surface area contributed by atoms with Gasteiger partial charge in [-0.05, 0) is 52.2 Å². The number of nitrogens with zero attached hydrogens (tertiary/aromatic N) is 2. The molecule has 22 heavy (non-hydrogen) atoms. The third-order valence-corrected chi connectivity index (χ3v) is 3.45. The van der Waals surface area contributed by atoms with E-state index in [1.165, 1.54) is 6.07 Å². The van der Waals surface area contributed by atoms with Gasteiger partial charge in [-0.25, -0.2) is 9.78 Å². The highest BCUT2D eigenvalue weighted by atomic mass is 19.1. The first-order chi connectivity index (χ1) is 10.3. The maximum absolute atomic E-state index is 13.1. The van der Waals surface area contributed by atoms with Crippen LogP contribution in [0.2, 0.25) is 0 Å². The second-order valence-corrected chi connectivity index (χ2v) is 6.59. The van der Waals surface area contributed by atoms with Gasteiger partial charge in [0.25, 0.3) is 0 Å². The second-order valence-electron chi connectivity index (χ2n) is 6.59. The molecule has 0 saturated carbocycles. The van der Waals surface area contributed by atoms with Crippen LogP contribution >= 0.6 is 0 Å². The molecular formula is C16H24FN3O2. The number of pyridine rings is 1. The minimum atomic E-state index is -0.492. The lowest BCUT2D eigenvalue weighted by Crippen LogP contribution is -2.37. The van der Waals surface area contributed by atoms with Crippen molar-refractivity contribution >= 4 is 11.9 Å². The van der Waals surface area contributed by atoms with E-state index in [1.807, 2.05) is 20.8 Å². The van der Waals surface area contributed by atoms with Crippen molar-refractivity contribution in [2.45, 2.75) is 51.7 Å². The number of rotatable bonds is 2. The maximum Gasteiger partial charge on any atom is 0.410 e. The lowest BCUT2D eigenvalue weighted by atomic mass is 10.1. The Balaban J connectivity index is 1.88. The number of amides is 1. The molecule has 1 aromatic rings. The molecule has 0 spiro atoms. The molecule has 1 atom stereocenters. The zero-order chi connectivity index (χ0) is 16.2. The van der Waals surface area contributed by atoms with E-state index in [0.717, 1.165) is 19.3 Å². The van der Waals surface area contributed by atoms with Crippen molar-refractivity contribution in [1.29, 1.82) is 0 Å². The third kappa shape index (κ3) is 5.16. The van der Waals surface area contributed by atoms with E-state index < -0.39 is 11.5 Å². The van der Waals surface area contributed by atoms with E-state index in [0.29, 0.717) is 18.9 Å². The second kappa shape index (κ2) is 6.94. The lowest BCUT2D eigenvalue weighted by Gasteiger charge is -2.26. The molecule has 5 nitrogen and oxygen atoms in total. The molecular weight excluding hydrogens is 285 g/mol. The first-order valence-electron chi connectivity index (χ1n) is 7.70. The molecule has 2 heterocycles. The van der Waals surface area contributed by atoms with Crippen molar-refractivity contribution in [1.82, 2.24) is 9.88 Å². The summed E-state index contributed by atoms with van der Waals surface area (Å²) in [7, 11) is 0. The number of likely N-dealkylation sites (tertiary alicyclic amines) is 1. The smallest absolute Gasteiger partial charge is 0.410 e. The number of carbonyl (C=O) groups is 1. The fourth-order valence-corrected chi connectivity index (χ4v) is 2.45. The summed E-state index contributed by atoms with van der Waals surface area (Å²) < 4.78 is 18.5. The van der Waals surface area contributed by atoms with Crippen LogP contribution in [0.4, 0.5) is 15.0 Å². The first kappa shape index (κ1) is 16.5. The van der Waals surface area contributed by atoms with Crippen molar-refractivity contribution in [2.75, 3.05) is 18.4 Å². The Morgan fingerprint density at radius 1 is 1.36 bits per heavy atom. The topological polar surface area (TPSA) is 54.5 Å². The largest absolute Gasteiger partial charge is 0.444 e. The van der Waals surface area contributed by atoms with Gasteiger partial charge in [-0.1, -0.05) is 6.07 Å². The van der Waals surface area contributed by atoms with Crippen LogP contribution < -0.4 is 5.32 Å². The lowest BCUT2D eigenvalue weighted by molar-refractivity contribution is 0.0256. The summed E-state index contributed by atoms with van der Waals surface area (Å²) >= 11 is 0. The van der Waals surface area contributed by atoms with Gasteiger partial charge >= 0.3 is 6.09 Å². The Bertz CT molecular complexity index is 516. The van der Waals surface area contributed by atoms with Gasteiger partial charge in [0.1, 0.15) is 11.4 Å². The van der Waals surface area contributed by atoms with Crippen molar-refractivity contribution in [2.24, 2.45) is 0 Å². The maximum atomic E-state index is 13.1. The standard InChI is InChI=1S/C16H24FN3O2/c1-16(2,3)22-15(21)20-10-5-6-12(9-11-20)18-14-8-4-7-13(17)19-14/h4,7-8,12H,5-6,9-11H2,1-3H3,(H,18,19). The van der Waals surface area contributed by atoms with E-state index in [1.54, 1.807) is 17.0 Å². The van der Waals surface area contributed by atoms with Crippen LogP contribution in [-0.2, 0) is 4.74 Å². The van der Waals surface area contributed by atoms with Crippen molar-refractivity contribution in [3.63, 3.8) is 0 Å². The van der Waals surface area contributed by atoms with Crippen LogP contribution in [0.5, 0.6) is 0 Å². The van der Waals surface area contributed by atoms with Crippen LogP contribution in [0, 0.1) is 5.95 Å². The van der Waals surface area contributed by atoms with Gasteiger partial charge in [0.15, 0.2) is 0 Å². The number of anilines is 1. The summed E-state index contributed by atoms with van der Waals surface area (Å²) in [6.45, 7) is 6.90. The minimum absolute atomic E-state index is 0.182. The van der Waals surface area contributed by atoms with Crippen LogP contribution in [0.15, 0.2) is 18.2 Å². The fourth-order valence-electron chi connectivity index (χ4n) is 2.45. The predicted octanol–water partition coefficient (Wildman–Crippen LogP) is 3.42. The summed E-state index contributed by atoms with van der Waals surface area (Å²) in [5, 5.41) is 3.24. The Morgan fingerprint density at radius 3 is 2.82 bits per heavy atom. The summed E-state index contributed by atoms with van der Waals surface area (Å²) in [5.41, 5.74) is -0.480. The van der Waals surface area contributed by atoms with E-state index >= 15 is 0 Å². The molecule has 1 fully saturated rings. The zero-order valence-electron chi connectivity index (χ0n) is 13.4. The number of carbonyl (C=O) groups excluding carboxylic acids is 1. The molecule has 1 unspecified atom stereocenters. The van der Waals surface area contributed by atoms with Gasteiger partial charge in [-0.3, -0.25) is 0 Å². The van der Waals surface area contributed by atoms with E-state index in [9.17, 15) is 9.18 Å². The highest BCUT2D eigenvalue weighted by molar-refractivity contribution is 5.68. The summed E-state index contributed by atoms with van der Waals surface area (Å²) in [4.78, 5) is 17.7. The van der Waals surface area contributed by atoms with Crippen LogP contribution in [0.1, 0.15) is 40.0 Å². The molecule has 1 aromatic heterocycles. The zero-order valence-corrected chi connectivity index (χ0v) is 13.4. The molecule has 1 aliphatic rings. The molecule has 0 bridgehead atoms. The summed E-state index contributed by atoms with van der Waals surface area (Å²) in [6.07, 6.45) is 2.32. The molecule has 1 aliphatic heterocycles. The van der Waals surface area contributed by atoms with Gasteiger partial charge < -0.3 is 15.0 Å². The Labute approximate surface area is 130 Å². The van der Waals surface area contributed by atoms with E-state index in [2.05, 4.69) is 10.3 Å². The van der Waals surface area contributed by atoms with Crippen molar-refractivity contribution < 1.29 is 13.9 Å². The molecule has 6 heteroatoms. The van der Waals surface area contributed by atoms with Crippen LogP contribution in [0.3, 0.4) is 0 Å². The monoisotopic (exact) mass is 309 g/mol. The average molecular weight is 309 g/mol. The third-order valence-electron chi connectivity index (χ3n) is 3.45. The molecule has 2 rings (SSSR count). The Hall–Kier alpha value is -1.85. The molecule has 0 aliphatic carbocycles. The number of ether oxygens (including phenoxy) is 1. The summed E-state index contributed by atoms with van der Waals surface area (Å²) in [6, 6.07) is 4.89. The number of aromatic nitrogens is 1. The molecule has 1 saturated heterocycles. The van der Waals surface area contributed by atoms with E-state index in [-0.39, 0.29) is 12.1 Å². The Morgan fingerprint density at radius 2 is 2.14 bits per heavy atom. The first-order valence-corrected chi connectivity index (χ1v) is 7.70. The van der Waals surface area contributed by atoms with E-state index in [4.69, 9.17) is 4.74 Å². The van der Waals surface area contributed by atoms with Crippen molar-refractivity contribution in [3.05, 3.63) is 24.1 Å². The number of halogens is 1. The highest BCUT2D eigenvalue weighted by Gasteiger charge is 2.25. The van der Waals surface area contributed by atoms with Gasteiger partial charge in [-0.2, -0.15) is 4.39 Å². The van der Waals surface area contributed by atoms with Gasteiger partial charge in [0, 0.05) is 19.1 Å². The number of hydrogen-bond donors (Lipinski definition) is 1. The minimum Gasteiger partial charge on any atom is -0.444 e. The van der Waals surface area contributed by atoms with Crippen LogP contribution in [0.25, 0.3) is 0 Å². The fraction of sp³-hybridized carbons (Fsp3) is 0.625. The van der Waals surface area contributed by atoms with Gasteiger partial charge in [0.05, 0.1) is 0 Å². The molecule has 122 valence electrons. The normalized spacial score (nSPS) is 19.5. The van der Waals surface area contributed by atoms with Crippen molar-refractivity contribution in [3.8, 4) is 0 Å². The molecule has 0 aromatic carbocycles. The average Bonchev–Trinajstić information content (AvgIpc) is 2.62. The number of nitrogens with one attached hydrogen (secondary N) is 1. The highest BCUT2D eigenvalue weighted by Crippen LogP contribution is 2.18.